The van der Waals surface area contributed by atoms with E-state index in [0.29, 0.717) is 5.15 Å². The Morgan fingerprint density at radius 2 is 2.33 bits per heavy atom. The topological polar surface area (TPSA) is 25.4 Å². The zero-order chi connectivity index (χ0) is 9.14. The Hall–Kier alpha value is -0.320. The van der Waals surface area contributed by atoms with E-state index >= 15 is 0 Å². The van der Waals surface area contributed by atoms with E-state index in [0.717, 1.165) is 10.2 Å². The molecule has 1 aromatic rings. The zero-order valence-corrected chi connectivity index (χ0v) is 9.06. The van der Waals surface area contributed by atoms with Gasteiger partial charge in [-0.1, -0.05) is 11.6 Å². The van der Waals surface area contributed by atoms with Crippen LogP contribution in [0.15, 0.2) is 16.7 Å². The van der Waals surface area contributed by atoms with E-state index in [1.807, 2.05) is 6.07 Å². The summed E-state index contributed by atoms with van der Waals surface area (Å²) in [5.41, 5.74) is 0.730. The molecule has 0 spiro atoms. The van der Waals surface area contributed by atoms with Gasteiger partial charge in [-0.2, -0.15) is 0 Å². The average molecular weight is 252 g/mol. The Kier molecular flexibility index (Phi) is 3.31. The molecule has 0 bridgehead atoms. The smallest absolute Gasteiger partial charge is 0.154 e. The van der Waals surface area contributed by atoms with E-state index in [4.69, 9.17) is 16.4 Å². The first-order chi connectivity index (χ1) is 5.65. The summed E-state index contributed by atoms with van der Waals surface area (Å²) in [6.07, 6.45) is 1.63. The molecule has 1 rings (SSSR count). The van der Waals surface area contributed by atoms with Gasteiger partial charge in [0.05, 0.1) is 7.11 Å². The van der Waals surface area contributed by atoms with Gasteiger partial charge in [-0.25, -0.2) is 4.98 Å². The van der Waals surface area contributed by atoms with Gasteiger partial charge in [0.25, 0.3) is 0 Å². The molecule has 1 heterocycles. The van der Waals surface area contributed by atoms with Crippen molar-refractivity contribution in [3.63, 3.8) is 0 Å². The van der Waals surface area contributed by atoms with E-state index < -0.39 is 0 Å². The first kappa shape index (κ1) is 9.77. The Balaban J connectivity index is 3.04. The highest BCUT2D eigenvalue weighted by atomic mass is 79.9. The number of hydrogen-bond acceptors (Lipinski definition) is 3. The number of aromatic nitrogens is 1. The van der Waals surface area contributed by atoms with Crippen molar-refractivity contribution in [3.05, 3.63) is 21.9 Å². The molecule has 3 nitrogen and oxygen atoms in total. The van der Waals surface area contributed by atoms with Crippen molar-refractivity contribution in [2.75, 3.05) is 19.2 Å². The fourth-order valence-electron chi connectivity index (χ4n) is 0.731. The van der Waals surface area contributed by atoms with E-state index in [2.05, 4.69) is 20.9 Å². The van der Waals surface area contributed by atoms with Crippen LogP contribution >= 0.6 is 27.5 Å². The van der Waals surface area contributed by atoms with Crippen molar-refractivity contribution < 1.29 is 4.84 Å². The molecule has 1 aromatic heterocycles. The van der Waals surface area contributed by atoms with Gasteiger partial charge in [0.15, 0.2) is 5.15 Å². The molecule has 0 saturated carbocycles. The van der Waals surface area contributed by atoms with Gasteiger partial charge in [0.1, 0.15) is 5.69 Å². The molecule has 0 amide bonds. The molecule has 0 aromatic carbocycles. The molecule has 0 saturated heterocycles. The molecule has 12 heavy (non-hydrogen) atoms. The maximum absolute atomic E-state index is 5.82. The van der Waals surface area contributed by atoms with Gasteiger partial charge >= 0.3 is 0 Å². The average Bonchev–Trinajstić information content (AvgIpc) is 2.08. The Bertz CT molecular complexity index is 282. The minimum Gasteiger partial charge on any atom is -0.277 e. The lowest BCUT2D eigenvalue weighted by Crippen LogP contribution is -2.15. The van der Waals surface area contributed by atoms with Crippen LogP contribution in [0.25, 0.3) is 0 Å². The number of halogens is 2. The van der Waals surface area contributed by atoms with Gasteiger partial charge < -0.3 is 0 Å². The van der Waals surface area contributed by atoms with Gasteiger partial charge in [-0.3, -0.25) is 9.90 Å². The standard InChI is InChI=1S/C7H8BrClN2O/c1-11(12-2)6-3-5(8)4-10-7(6)9/h3-4H,1-2H3. The molecular formula is C7H8BrClN2O. The van der Waals surface area contributed by atoms with Crippen LogP contribution in [0.2, 0.25) is 5.15 Å². The van der Waals surface area contributed by atoms with Gasteiger partial charge in [0, 0.05) is 17.7 Å². The van der Waals surface area contributed by atoms with Crippen molar-refractivity contribution in [1.29, 1.82) is 0 Å². The lowest BCUT2D eigenvalue weighted by molar-refractivity contribution is 0.184. The lowest BCUT2D eigenvalue weighted by Gasteiger charge is -2.16. The Morgan fingerprint density at radius 1 is 1.67 bits per heavy atom. The van der Waals surface area contributed by atoms with E-state index in [1.54, 1.807) is 25.4 Å². The zero-order valence-electron chi connectivity index (χ0n) is 6.71. The number of anilines is 1. The normalized spacial score (nSPS) is 10.0. The van der Waals surface area contributed by atoms with Crippen LogP contribution in [0, 0.1) is 0 Å². The Labute approximate surface area is 84.4 Å². The first-order valence-corrected chi connectivity index (χ1v) is 4.41. The third kappa shape index (κ3) is 2.09. The van der Waals surface area contributed by atoms with Gasteiger partial charge in [-0.05, 0) is 22.0 Å². The van der Waals surface area contributed by atoms with E-state index in [1.165, 1.54) is 0 Å². The van der Waals surface area contributed by atoms with Crippen LogP contribution in [-0.4, -0.2) is 19.1 Å². The first-order valence-electron chi connectivity index (χ1n) is 3.24. The second kappa shape index (κ2) is 4.07. The van der Waals surface area contributed by atoms with Crippen LogP contribution in [0.3, 0.4) is 0 Å². The summed E-state index contributed by atoms with van der Waals surface area (Å²) in [7, 11) is 3.33. The molecule has 0 fully saturated rings. The molecular weight excluding hydrogens is 243 g/mol. The summed E-state index contributed by atoms with van der Waals surface area (Å²) >= 11 is 9.11. The molecule has 5 heteroatoms. The molecule has 0 aliphatic rings. The maximum Gasteiger partial charge on any atom is 0.154 e. The van der Waals surface area contributed by atoms with Crippen LogP contribution in [-0.2, 0) is 4.84 Å². The van der Waals surface area contributed by atoms with Gasteiger partial charge in [0.2, 0.25) is 0 Å². The summed E-state index contributed by atoms with van der Waals surface area (Å²) in [6, 6.07) is 1.83. The third-order valence-corrected chi connectivity index (χ3v) is 2.13. The van der Waals surface area contributed by atoms with Crippen LogP contribution in [0.4, 0.5) is 5.69 Å². The minimum absolute atomic E-state index is 0.419. The second-order valence-electron chi connectivity index (χ2n) is 2.14. The minimum atomic E-state index is 0.419. The van der Waals surface area contributed by atoms with Gasteiger partial charge in [-0.15, -0.1) is 0 Å². The molecule has 0 aliphatic carbocycles. The van der Waals surface area contributed by atoms with E-state index in [9.17, 15) is 0 Å². The highest BCUT2D eigenvalue weighted by molar-refractivity contribution is 9.10. The summed E-state index contributed by atoms with van der Waals surface area (Å²) in [6.45, 7) is 0. The molecule has 0 unspecified atom stereocenters. The van der Waals surface area contributed by atoms with Crippen molar-refractivity contribution >= 4 is 33.2 Å². The highest BCUT2D eigenvalue weighted by Gasteiger charge is 2.06. The fraction of sp³-hybridized carbons (Fsp3) is 0.286. The molecule has 0 aliphatic heterocycles. The predicted octanol–water partition coefficient (Wildman–Crippen LogP) is 2.50. The number of rotatable bonds is 2. The Morgan fingerprint density at radius 3 is 2.92 bits per heavy atom. The summed E-state index contributed by atoms with van der Waals surface area (Å²) in [4.78, 5) is 8.90. The number of nitrogens with zero attached hydrogens (tertiary/aromatic N) is 2. The SMILES string of the molecule is CON(C)c1cc(Br)cnc1Cl. The fourth-order valence-corrected chi connectivity index (χ4v) is 1.27. The third-order valence-electron chi connectivity index (χ3n) is 1.40. The van der Waals surface area contributed by atoms with Crippen LogP contribution < -0.4 is 5.06 Å². The highest BCUT2D eigenvalue weighted by Crippen LogP contribution is 2.25. The molecule has 0 atom stereocenters. The summed E-state index contributed by atoms with van der Waals surface area (Å²) in [5.74, 6) is 0. The number of hydroxylamine groups is 1. The van der Waals surface area contributed by atoms with Crippen molar-refractivity contribution in [1.82, 2.24) is 4.98 Å². The number of pyridine rings is 1. The summed E-state index contributed by atoms with van der Waals surface area (Å²) < 4.78 is 0.866. The van der Waals surface area contributed by atoms with Crippen molar-refractivity contribution in [2.24, 2.45) is 0 Å². The predicted molar refractivity (Wildman–Crippen MR) is 52.4 cm³/mol. The van der Waals surface area contributed by atoms with Crippen LogP contribution in [0.5, 0.6) is 0 Å². The largest absolute Gasteiger partial charge is 0.277 e. The molecule has 0 N–H and O–H groups in total. The summed E-state index contributed by atoms with van der Waals surface area (Å²) in [5, 5.41) is 1.96. The molecule has 66 valence electrons. The number of hydrogen-bond donors (Lipinski definition) is 0. The molecule has 0 radical (unpaired) electrons. The second-order valence-corrected chi connectivity index (χ2v) is 3.42. The van der Waals surface area contributed by atoms with Crippen molar-refractivity contribution in [3.8, 4) is 0 Å². The quantitative estimate of drug-likeness (QED) is 0.596. The van der Waals surface area contributed by atoms with E-state index in [-0.39, 0.29) is 0 Å². The van der Waals surface area contributed by atoms with Crippen molar-refractivity contribution in [2.45, 2.75) is 0 Å². The van der Waals surface area contributed by atoms with Crippen LogP contribution in [0.1, 0.15) is 0 Å². The lowest BCUT2D eigenvalue weighted by atomic mass is 10.4. The maximum atomic E-state index is 5.82. The monoisotopic (exact) mass is 250 g/mol.